The number of sulfonamides is 1. The molecular weight excluding hydrogens is 202 g/mol. The number of aromatic nitrogens is 2. The molecule has 6 heteroatoms. The first-order valence-corrected chi connectivity index (χ1v) is 5.77. The standard InChI is InChI=1S/C8H13N3O2S/c1-3-4-14(12,13)10-6-8-5-9-11-7(8)2/h3,5,10H,1,4,6H2,2H3,(H,9,11). The minimum absolute atomic E-state index is 0.0656. The first-order chi connectivity index (χ1) is 6.55. The van der Waals surface area contributed by atoms with Gasteiger partial charge in [0.15, 0.2) is 0 Å². The van der Waals surface area contributed by atoms with E-state index in [9.17, 15) is 8.42 Å². The lowest BCUT2D eigenvalue weighted by molar-refractivity contribution is 0.584. The Hall–Kier alpha value is -1.14. The molecule has 0 saturated heterocycles. The van der Waals surface area contributed by atoms with Gasteiger partial charge >= 0.3 is 0 Å². The number of hydrogen-bond acceptors (Lipinski definition) is 3. The van der Waals surface area contributed by atoms with Gasteiger partial charge in [0.25, 0.3) is 0 Å². The lowest BCUT2D eigenvalue weighted by Gasteiger charge is -2.02. The van der Waals surface area contributed by atoms with Crippen molar-refractivity contribution in [3.63, 3.8) is 0 Å². The number of nitrogens with zero attached hydrogens (tertiary/aromatic N) is 1. The molecule has 0 amide bonds. The average molecular weight is 215 g/mol. The number of rotatable bonds is 5. The summed E-state index contributed by atoms with van der Waals surface area (Å²) in [6.07, 6.45) is 2.95. The van der Waals surface area contributed by atoms with Gasteiger partial charge in [0, 0.05) is 17.8 Å². The van der Waals surface area contributed by atoms with E-state index < -0.39 is 10.0 Å². The maximum absolute atomic E-state index is 11.2. The highest BCUT2D eigenvalue weighted by atomic mass is 32.2. The van der Waals surface area contributed by atoms with Gasteiger partial charge in [-0.05, 0) is 6.92 Å². The molecule has 0 spiro atoms. The van der Waals surface area contributed by atoms with Gasteiger partial charge in [-0.3, -0.25) is 5.10 Å². The molecule has 0 unspecified atom stereocenters. The van der Waals surface area contributed by atoms with E-state index >= 15 is 0 Å². The number of aromatic amines is 1. The molecule has 2 N–H and O–H groups in total. The molecule has 0 atom stereocenters. The van der Waals surface area contributed by atoms with Crippen LogP contribution in [0.5, 0.6) is 0 Å². The van der Waals surface area contributed by atoms with Crippen LogP contribution in [0.3, 0.4) is 0 Å². The van der Waals surface area contributed by atoms with Crippen LogP contribution in [0.25, 0.3) is 0 Å². The minimum atomic E-state index is -3.23. The third-order valence-electron chi connectivity index (χ3n) is 1.75. The molecule has 0 aliphatic rings. The van der Waals surface area contributed by atoms with Gasteiger partial charge < -0.3 is 0 Å². The van der Waals surface area contributed by atoms with Crippen molar-refractivity contribution in [3.8, 4) is 0 Å². The second kappa shape index (κ2) is 4.39. The van der Waals surface area contributed by atoms with Crippen LogP contribution in [0.4, 0.5) is 0 Å². The number of aryl methyl sites for hydroxylation is 1. The van der Waals surface area contributed by atoms with Crippen molar-refractivity contribution < 1.29 is 8.42 Å². The zero-order valence-corrected chi connectivity index (χ0v) is 8.76. The second-order valence-corrected chi connectivity index (χ2v) is 4.76. The molecule has 1 aromatic rings. The summed E-state index contributed by atoms with van der Waals surface area (Å²) in [4.78, 5) is 0. The van der Waals surface area contributed by atoms with Crippen molar-refractivity contribution in [1.82, 2.24) is 14.9 Å². The molecule has 1 aromatic heterocycles. The van der Waals surface area contributed by atoms with E-state index in [2.05, 4.69) is 21.5 Å². The smallest absolute Gasteiger partial charge is 0.215 e. The van der Waals surface area contributed by atoms with Gasteiger partial charge in [0.05, 0.1) is 11.9 Å². The molecular formula is C8H13N3O2S. The molecule has 1 heterocycles. The summed E-state index contributed by atoms with van der Waals surface area (Å²) in [5.74, 6) is -0.0656. The molecule has 0 bridgehead atoms. The first-order valence-electron chi connectivity index (χ1n) is 4.12. The van der Waals surface area contributed by atoms with E-state index in [1.54, 1.807) is 6.20 Å². The molecule has 0 aromatic carbocycles. The highest BCUT2D eigenvalue weighted by molar-refractivity contribution is 7.89. The maximum Gasteiger partial charge on any atom is 0.215 e. The van der Waals surface area contributed by atoms with E-state index in [0.717, 1.165) is 11.3 Å². The average Bonchev–Trinajstić information content (AvgIpc) is 2.48. The van der Waals surface area contributed by atoms with Crippen LogP contribution in [-0.4, -0.2) is 24.4 Å². The topological polar surface area (TPSA) is 74.8 Å². The Balaban J connectivity index is 2.57. The lowest BCUT2D eigenvalue weighted by Crippen LogP contribution is -2.25. The van der Waals surface area contributed by atoms with Crippen LogP contribution in [0.1, 0.15) is 11.3 Å². The Morgan fingerprint density at radius 1 is 1.71 bits per heavy atom. The summed E-state index contributed by atoms with van der Waals surface area (Å²) < 4.78 is 24.9. The zero-order chi connectivity index (χ0) is 10.6. The van der Waals surface area contributed by atoms with Crippen LogP contribution in [0.15, 0.2) is 18.9 Å². The molecule has 0 aliphatic heterocycles. The lowest BCUT2D eigenvalue weighted by atomic mass is 10.3. The van der Waals surface area contributed by atoms with Crippen molar-refractivity contribution in [3.05, 3.63) is 30.1 Å². The predicted molar refractivity (Wildman–Crippen MR) is 54.1 cm³/mol. The van der Waals surface area contributed by atoms with E-state index in [1.165, 1.54) is 6.08 Å². The third kappa shape index (κ3) is 2.97. The maximum atomic E-state index is 11.2. The fourth-order valence-corrected chi connectivity index (χ4v) is 1.76. The van der Waals surface area contributed by atoms with Gasteiger partial charge in [-0.2, -0.15) is 5.10 Å². The Labute approximate surface area is 83.3 Å². The minimum Gasteiger partial charge on any atom is -0.283 e. The first kappa shape index (κ1) is 10.9. The van der Waals surface area contributed by atoms with E-state index in [1.807, 2.05) is 6.92 Å². The normalized spacial score (nSPS) is 11.5. The van der Waals surface area contributed by atoms with Crippen molar-refractivity contribution in [1.29, 1.82) is 0 Å². The molecule has 1 rings (SSSR count). The molecule has 0 aliphatic carbocycles. The second-order valence-electron chi connectivity index (χ2n) is 2.91. The Kier molecular flexibility index (Phi) is 3.43. The molecule has 0 radical (unpaired) electrons. The largest absolute Gasteiger partial charge is 0.283 e. The number of H-pyrrole nitrogens is 1. The summed E-state index contributed by atoms with van der Waals surface area (Å²) in [5, 5.41) is 6.52. The molecule has 78 valence electrons. The van der Waals surface area contributed by atoms with Crippen LogP contribution >= 0.6 is 0 Å². The summed E-state index contributed by atoms with van der Waals surface area (Å²) in [6.45, 7) is 5.47. The van der Waals surface area contributed by atoms with Gasteiger partial charge in [-0.1, -0.05) is 6.08 Å². The van der Waals surface area contributed by atoms with Crippen LogP contribution < -0.4 is 4.72 Å². The fraction of sp³-hybridized carbons (Fsp3) is 0.375. The quantitative estimate of drug-likeness (QED) is 0.695. The summed E-state index contributed by atoms with van der Waals surface area (Å²) >= 11 is 0. The fourth-order valence-electron chi connectivity index (χ4n) is 0.956. The highest BCUT2D eigenvalue weighted by Crippen LogP contribution is 2.02. The van der Waals surface area contributed by atoms with E-state index in [-0.39, 0.29) is 12.3 Å². The van der Waals surface area contributed by atoms with Crippen molar-refractivity contribution >= 4 is 10.0 Å². The molecule has 5 nitrogen and oxygen atoms in total. The van der Waals surface area contributed by atoms with E-state index in [4.69, 9.17) is 0 Å². The molecule has 0 saturated carbocycles. The van der Waals surface area contributed by atoms with Gasteiger partial charge in [0.1, 0.15) is 0 Å². The predicted octanol–water partition coefficient (Wildman–Crippen LogP) is 0.324. The van der Waals surface area contributed by atoms with Gasteiger partial charge in [-0.25, -0.2) is 13.1 Å². The zero-order valence-electron chi connectivity index (χ0n) is 7.95. The number of hydrogen-bond donors (Lipinski definition) is 2. The van der Waals surface area contributed by atoms with Crippen molar-refractivity contribution in [2.45, 2.75) is 13.5 Å². The Morgan fingerprint density at radius 3 is 2.93 bits per heavy atom. The van der Waals surface area contributed by atoms with Crippen LogP contribution in [-0.2, 0) is 16.6 Å². The van der Waals surface area contributed by atoms with Crippen LogP contribution in [0.2, 0.25) is 0 Å². The van der Waals surface area contributed by atoms with E-state index in [0.29, 0.717) is 0 Å². The Morgan fingerprint density at radius 2 is 2.43 bits per heavy atom. The summed E-state index contributed by atoms with van der Waals surface area (Å²) in [6, 6.07) is 0. The Bertz CT molecular complexity index is 408. The van der Waals surface area contributed by atoms with Crippen LogP contribution in [0, 0.1) is 6.92 Å². The van der Waals surface area contributed by atoms with Gasteiger partial charge in [-0.15, -0.1) is 6.58 Å². The van der Waals surface area contributed by atoms with Crippen molar-refractivity contribution in [2.24, 2.45) is 0 Å². The highest BCUT2D eigenvalue weighted by Gasteiger charge is 2.08. The van der Waals surface area contributed by atoms with Gasteiger partial charge in [0.2, 0.25) is 10.0 Å². The number of nitrogens with one attached hydrogen (secondary N) is 2. The monoisotopic (exact) mass is 215 g/mol. The summed E-state index contributed by atoms with van der Waals surface area (Å²) in [7, 11) is -3.23. The SMILES string of the molecule is C=CCS(=O)(=O)NCc1cn[nH]c1C. The van der Waals surface area contributed by atoms with Crippen molar-refractivity contribution in [2.75, 3.05) is 5.75 Å². The molecule has 0 fully saturated rings. The molecule has 14 heavy (non-hydrogen) atoms. The third-order valence-corrected chi connectivity index (χ3v) is 3.01. The summed E-state index contributed by atoms with van der Waals surface area (Å²) in [5.41, 5.74) is 1.71.